The van der Waals surface area contributed by atoms with Crippen molar-refractivity contribution in [2.75, 3.05) is 12.4 Å². The number of benzene rings is 1. The fraction of sp³-hybridized carbons (Fsp3) is 0.353. The van der Waals surface area contributed by atoms with Gasteiger partial charge in [0.1, 0.15) is 0 Å². The van der Waals surface area contributed by atoms with Crippen LogP contribution in [0.1, 0.15) is 12.8 Å². The van der Waals surface area contributed by atoms with E-state index in [1.165, 1.54) is 7.11 Å². The molecule has 0 heterocycles. The van der Waals surface area contributed by atoms with Crippen molar-refractivity contribution in [1.29, 1.82) is 0 Å². The standard InChI is InChI=1S/C17H19NO2/c1-20-16(19)17-10-5-6-13(17)12-15(9-11-17)18-14-7-3-2-4-8-14/h2-9,11,13,15,18H,10,12H2,1H3/t13-,15+,17-/m1/s1. The monoisotopic (exact) mass is 269 g/mol. The van der Waals surface area contributed by atoms with Crippen LogP contribution in [-0.2, 0) is 9.53 Å². The van der Waals surface area contributed by atoms with E-state index in [4.69, 9.17) is 4.74 Å². The molecule has 20 heavy (non-hydrogen) atoms. The molecule has 0 radical (unpaired) electrons. The first-order chi connectivity index (χ1) is 9.74. The molecule has 0 bridgehead atoms. The summed E-state index contributed by atoms with van der Waals surface area (Å²) in [6, 6.07) is 10.4. The first-order valence-electron chi connectivity index (χ1n) is 7.00. The van der Waals surface area contributed by atoms with Crippen molar-refractivity contribution in [3.05, 3.63) is 54.6 Å². The number of carbonyl (C=O) groups is 1. The van der Waals surface area contributed by atoms with E-state index < -0.39 is 5.41 Å². The number of esters is 1. The zero-order valence-electron chi connectivity index (χ0n) is 11.6. The van der Waals surface area contributed by atoms with E-state index in [1.807, 2.05) is 24.3 Å². The maximum absolute atomic E-state index is 12.1. The van der Waals surface area contributed by atoms with Crippen LogP contribution >= 0.6 is 0 Å². The van der Waals surface area contributed by atoms with E-state index in [-0.39, 0.29) is 17.9 Å². The van der Waals surface area contributed by atoms with Crippen LogP contribution in [-0.4, -0.2) is 19.1 Å². The van der Waals surface area contributed by atoms with Gasteiger partial charge in [-0.3, -0.25) is 4.79 Å². The normalized spacial score (nSPS) is 30.9. The summed E-state index contributed by atoms with van der Waals surface area (Å²) in [4.78, 5) is 12.1. The van der Waals surface area contributed by atoms with Crippen molar-refractivity contribution in [1.82, 2.24) is 0 Å². The maximum atomic E-state index is 12.1. The topological polar surface area (TPSA) is 38.3 Å². The zero-order chi connectivity index (χ0) is 14.0. The first kappa shape index (κ1) is 13.0. The smallest absolute Gasteiger partial charge is 0.316 e. The molecule has 0 spiro atoms. The van der Waals surface area contributed by atoms with Gasteiger partial charge in [0.05, 0.1) is 12.5 Å². The molecule has 0 aliphatic heterocycles. The molecule has 1 N–H and O–H groups in total. The zero-order valence-corrected chi connectivity index (χ0v) is 11.6. The molecule has 0 unspecified atom stereocenters. The average Bonchev–Trinajstić information content (AvgIpc) is 2.92. The van der Waals surface area contributed by atoms with E-state index in [1.54, 1.807) is 0 Å². The van der Waals surface area contributed by atoms with Gasteiger partial charge in [0.2, 0.25) is 0 Å². The molecule has 3 rings (SSSR count). The molecule has 3 nitrogen and oxygen atoms in total. The second-order valence-electron chi connectivity index (χ2n) is 5.48. The highest BCUT2D eigenvalue weighted by Crippen LogP contribution is 2.46. The van der Waals surface area contributed by atoms with Crippen LogP contribution in [0.25, 0.3) is 0 Å². The quantitative estimate of drug-likeness (QED) is 0.676. The minimum atomic E-state index is -0.469. The minimum absolute atomic E-state index is 0.123. The van der Waals surface area contributed by atoms with Gasteiger partial charge < -0.3 is 10.1 Å². The molecular weight excluding hydrogens is 250 g/mol. The number of hydrogen-bond acceptors (Lipinski definition) is 3. The SMILES string of the molecule is COC(=O)[C@]12C=C[C@H](Nc3ccccc3)C[C@H]1C=CC2. The number of nitrogens with one attached hydrogen (secondary N) is 1. The van der Waals surface area contributed by atoms with Crippen molar-refractivity contribution >= 4 is 11.7 Å². The van der Waals surface area contributed by atoms with E-state index in [0.29, 0.717) is 0 Å². The Balaban J connectivity index is 1.78. The summed E-state index contributed by atoms with van der Waals surface area (Å²) >= 11 is 0. The fourth-order valence-electron chi connectivity index (χ4n) is 3.22. The Hall–Kier alpha value is -2.03. The number of carbonyl (C=O) groups excluding carboxylic acids is 1. The highest BCUT2D eigenvalue weighted by atomic mass is 16.5. The van der Waals surface area contributed by atoms with Crippen molar-refractivity contribution in [2.45, 2.75) is 18.9 Å². The lowest BCUT2D eigenvalue weighted by Crippen LogP contribution is -2.40. The summed E-state index contributed by atoms with van der Waals surface area (Å²) in [5.74, 6) is 0.100. The molecule has 2 aliphatic rings. The molecule has 104 valence electrons. The lowest BCUT2D eigenvalue weighted by atomic mass is 9.70. The van der Waals surface area contributed by atoms with Gasteiger partial charge in [-0.25, -0.2) is 0 Å². The van der Waals surface area contributed by atoms with Crippen LogP contribution in [0.4, 0.5) is 5.69 Å². The molecule has 3 atom stereocenters. The lowest BCUT2D eigenvalue weighted by Gasteiger charge is -2.36. The van der Waals surface area contributed by atoms with Gasteiger partial charge in [-0.2, -0.15) is 0 Å². The third-order valence-electron chi connectivity index (χ3n) is 4.31. The second kappa shape index (κ2) is 5.16. The summed E-state index contributed by atoms with van der Waals surface area (Å²) in [6.07, 6.45) is 10.0. The van der Waals surface area contributed by atoms with Gasteiger partial charge in [0.25, 0.3) is 0 Å². The number of methoxy groups -OCH3 is 1. The van der Waals surface area contributed by atoms with Crippen LogP contribution in [0, 0.1) is 11.3 Å². The Bertz CT molecular complexity index is 549. The van der Waals surface area contributed by atoms with Crippen LogP contribution in [0.2, 0.25) is 0 Å². The molecule has 2 aliphatic carbocycles. The largest absolute Gasteiger partial charge is 0.468 e. The predicted octanol–water partition coefficient (Wildman–Crippen LogP) is 3.16. The fourth-order valence-corrected chi connectivity index (χ4v) is 3.22. The molecule has 0 amide bonds. The average molecular weight is 269 g/mol. The van der Waals surface area contributed by atoms with Crippen molar-refractivity contribution in [2.24, 2.45) is 11.3 Å². The highest BCUT2D eigenvalue weighted by Gasteiger charge is 2.47. The third-order valence-corrected chi connectivity index (χ3v) is 4.31. The molecule has 0 saturated heterocycles. The van der Waals surface area contributed by atoms with Gasteiger partial charge in [0.15, 0.2) is 0 Å². The van der Waals surface area contributed by atoms with Crippen LogP contribution in [0.5, 0.6) is 0 Å². The Morgan fingerprint density at radius 2 is 2.10 bits per heavy atom. The number of para-hydroxylation sites is 1. The second-order valence-corrected chi connectivity index (χ2v) is 5.48. The summed E-state index contributed by atoms with van der Waals surface area (Å²) < 4.78 is 5.00. The number of ether oxygens (including phenoxy) is 1. The Labute approximate surface area is 119 Å². The molecule has 0 fully saturated rings. The number of allylic oxidation sites excluding steroid dienone is 2. The summed E-state index contributed by atoms with van der Waals surface area (Å²) in [5.41, 5.74) is 0.638. The summed E-state index contributed by atoms with van der Waals surface area (Å²) in [5, 5.41) is 3.49. The van der Waals surface area contributed by atoms with Crippen molar-refractivity contribution in [3.8, 4) is 0 Å². The molecular formula is C17H19NO2. The van der Waals surface area contributed by atoms with Gasteiger partial charge in [0, 0.05) is 11.7 Å². The van der Waals surface area contributed by atoms with Gasteiger partial charge in [-0.15, -0.1) is 0 Å². The number of fused-ring (bicyclic) bond motifs is 1. The highest BCUT2D eigenvalue weighted by molar-refractivity contribution is 5.81. The Morgan fingerprint density at radius 1 is 1.30 bits per heavy atom. The predicted molar refractivity (Wildman–Crippen MR) is 79.3 cm³/mol. The van der Waals surface area contributed by atoms with Crippen molar-refractivity contribution in [3.63, 3.8) is 0 Å². The summed E-state index contributed by atoms with van der Waals surface area (Å²) in [7, 11) is 1.47. The van der Waals surface area contributed by atoms with Gasteiger partial charge in [-0.1, -0.05) is 42.5 Å². The molecule has 0 saturated carbocycles. The molecule has 1 aromatic rings. The van der Waals surface area contributed by atoms with Crippen molar-refractivity contribution < 1.29 is 9.53 Å². The maximum Gasteiger partial charge on any atom is 0.316 e. The van der Waals surface area contributed by atoms with E-state index >= 15 is 0 Å². The van der Waals surface area contributed by atoms with Gasteiger partial charge in [-0.05, 0) is 30.9 Å². The lowest BCUT2D eigenvalue weighted by molar-refractivity contribution is -0.151. The van der Waals surface area contributed by atoms with Crippen LogP contribution < -0.4 is 5.32 Å². The molecule has 0 aromatic heterocycles. The Morgan fingerprint density at radius 3 is 2.85 bits per heavy atom. The molecule has 3 heteroatoms. The first-order valence-corrected chi connectivity index (χ1v) is 7.00. The Kier molecular flexibility index (Phi) is 3.35. The minimum Gasteiger partial charge on any atom is -0.468 e. The van der Waals surface area contributed by atoms with Crippen LogP contribution in [0.3, 0.4) is 0 Å². The molecule has 1 aromatic carbocycles. The van der Waals surface area contributed by atoms with E-state index in [0.717, 1.165) is 18.5 Å². The number of rotatable bonds is 3. The number of anilines is 1. The third kappa shape index (κ3) is 2.13. The van der Waals surface area contributed by atoms with Gasteiger partial charge >= 0.3 is 5.97 Å². The van der Waals surface area contributed by atoms with E-state index in [9.17, 15) is 4.79 Å². The number of hydrogen-bond donors (Lipinski definition) is 1. The summed E-state index contributed by atoms with van der Waals surface area (Å²) in [6.45, 7) is 0. The van der Waals surface area contributed by atoms with Crippen LogP contribution in [0.15, 0.2) is 54.6 Å². The van der Waals surface area contributed by atoms with E-state index in [2.05, 4.69) is 35.7 Å².